The van der Waals surface area contributed by atoms with Gasteiger partial charge in [-0.15, -0.1) is 0 Å². The van der Waals surface area contributed by atoms with Crippen LogP contribution >= 0.6 is 0 Å². The normalized spacial score (nSPS) is 18.4. The van der Waals surface area contributed by atoms with Crippen molar-refractivity contribution >= 4 is 12.2 Å². The molecule has 0 fully saturated rings. The third kappa shape index (κ3) is 10.5. The van der Waals surface area contributed by atoms with Gasteiger partial charge in [0.2, 0.25) is 0 Å². The summed E-state index contributed by atoms with van der Waals surface area (Å²) in [5.41, 5.74) is 10.1. The molecular weight excluding hydrogens is 540 g/mol. The van der Waals surface area contributed by atoms with Gasteiger partial charge in [-0.2, -0.15) is 0 Å². The van der Waals surface area contributed by atoms with Crippen LogP contribution in [0, 0.1) is 0 Å². The third-order valence-electron chi connectivity index (χ3n) is 7.65. The zero-order chi connectivity index (χ0) is 32.8. The van der Waals surface area contributed by atoms with Crippen molar-refractivity contribution in [1.29, 1.82) is 0 Å². The van der Waals surface area contributed by atoms with Gasteiger partial charge in [0.05, 0.1) is 5.57 Å². The summed E-state index contributed by atoms with van der Waals surface area (Å²) in [5.74, 6) is -0.132. The predicted octanol–water partition coefficient (Wildman–Crippen LogP) is 9.94. The minimum absolute atomic E-state index is 0.132. The molecule has 1 aliphatic heterocycles. The molecule has 0 atom stereocenters. The number of carbonyl (C=O) groups is 2. The van der Waals surface area contributed by atoms with E-state index in [4.69, 9.17) is 0 Å². The van der Waals surface area contributed by atoms with E-state index in [0.29, 0.717) is 30.5 Å². The Morgan fingerprint density at radius 1 is 1.05 bits per heavy atom. The first kappa shape index (κ1) is 36.0. The van der Waals surface area contributed by atoms with Crippen molar-refractivity contribution in [2.75, 3.05) is 13.6 Å². The molecule has 0 N–H and O–H groups in total. The number of allylic oxidation sites excluding steroid dienone is 18. The summed E-state index contributed by atoms with van der Waals surface area (Å²) in [6.45, 7) is 20.8. The van der Waals surface area contributed by atoms with E-state index in [0.717, 1.165) is 64.1 Å². The van der Waals surface area contributed by atoms with Crippen molar-refractivity contribution in [2.24, 2.45) is 0 Å². The molecule has 4 nitrogen and oxygen atoms in total. The second-order valence-corrected chi connectivity index (χ2v) is 11.7. The van der Waals surface area contributed by atoms with E-state index >= 15 is 0 Å². The van der Waals surface area contributed by atoms with E-state index in [2.05, 4.69) is 80.9 Å². The van der Waals surface area contributed by atoms with Gasteiger partial charge in [-0.05, 0) is 78.5 Å². The molecule has 0 saturated heterocycles. The van der Waals surface area contributed by atoms with Crippen molar-refractivity contribution in [3.63, 3.8) is 0 Å². The lowest BCUT2D eigenvalue weighted by Gasteiger charge is -2.26. The van der Waals surface area contributed by atoms with Gasteiger partial charge in [0, 0.05) is 49.1 Å². The second kappa shape index (κ2) is 17.8. The Bertz CT molecular complexity index is 1460. The molecule has 0 unspecified atom stereocenters. The van der Waals surface area contributed by atoms with Crippen LogP contribution in [0.15, 0.2) is 141 Å². The molecule has 0 aromatic heterocycles. The molecule has 2 rings (SSSR count). The minimum atomic E-state index is -0.132. The summed E-state index contributed by atoms with van der Waals surface area (Å²) in [5, 5.41) is 0. The van der Waals surface area contributed by atoms with Crippen LogP contribution in [0.3, 0.4) is 0 Å². The molecule has 0 saturated carbocycles. The van der Waals surface area contributed by atoms with Gasteiger partial charge >= 0.3 is 0 Å². The fourth-order valence-corrected chi connectivity index (χ4v) is 5.31. The van der Waals surface area contributed by atoms with E-state index in [9.17, 15) is 9.59 Å². The minimum Gasteiger partial charge on any atom is -0.351 e. The molecule has 0 radical (unpaired) electrons. The van der Waals surface area contributed by atoms with Gasteiger partial charge in [0.15, 0.2) is 6.29 Å². The number of rotatable bonds is 14. The smallest absolute Gasteiger partial charge is 0.260 e. The fourth-order valence-electron chi connectivity index (χ4n) is 5.31. The molecule has 1 amide bonds. The highest BCUT2D eigenvalue weighted by atomic mass is 16.2. The van der Waals surface area contributed by atoms with Crippen LogP contribution in [0.1, 0.15) is 81.1 Å². The van der Waals surface area contributed by atoms with Crippen LogP contribution in [0.2, 0.25) is 0 Å². The molecule has 0 aromatic carbocycles. The number of nitrogens with zero attached hydrogens (tertiary/aromatic N) is 2. The Morgan fingerprint density at radius 3 is 2.39 bits per heavy atom. The van der Waals surface area contributed by atoms with Gasteiger partial charge in [-0.3, -0.25) is 9.59 Å². The SMILES string of the molecule is C=C(C)/C=C(C)\C=C(/C)N(C)/C(C/C=C\C(C)=C/CC)=C1/C(=O)N(CC2=CC(C)=CC=CC2)C(C/C=C\C(C)=C/C)=C1C=O. The summed E-state index contributed by atoms with van der Waals surface area (Å²) in [6.07, 6.45) is 28.6. The molecule has 1 heterocycles. The van der Waals surface area contributed by atoms with Crippen LogP contribution in [0.4, 0.5) is 0 Å². The number of hydrogen-bond donors (Lipinski definition) is 0. The van der Waals surface area contributed by atoms with Gasteiger partial charge < -0.3 is 9.80 Å². The quantitative estimate of drug-likeness (QED) is 0.114. The van der Waals surface area contributed by atoms with E-state index in [1.165, 1.54) is 5.57 Å². The maximum Gasteiger partial charge on any atom is 0.260 e. The largest absolute Gasteiger partial charge is 0.351 e. The Morgan fingerprint density at radius 2 is 1.75 bits per heavy atom. The molecule has 1 aliphatic carbocycles. The van der Waals surface area contributed by atoms with Gasteiger partial charge in [0.1, 0.15) is 0 Å². The maximum atomic E-state index is 14.5. The fraction of sp³-hybridized carbons (Fsp3) is 0.350. The third-order valence-corrected chi connectivity index (χ3v) is 7.65. The summed E-state index contributed by atoms with van der Waals surface area (Å²) in [6, 6.07) is 0. The molecule has 234 valence electrons. The van der Waals surface area contributed by atoms with Crippen molar-refractivity contribution in [2.45, 2.75) is 81.1 Å². The standard InChI is InChI=1S/C40H52N2O2/c1-11-17-31(6)20-16-23-38(41(10)34(9)25-33(8)24-29(3)4)39-36(28-43)37(22-15-19-30(5)12-2)42(40(39)44)27-35-21-14-13-18-32(7)26-35/h12-20,24-26,28H,3,11,21-23,27H2,1-2,4-10H3/b19-15-,20-16-,30-12-,31-17-,33-24-,34-25+,39-38+. The second-order valence-electron chi connectivity index (χ2n) is 11.7. The van der Waals surface area contributed by atoms with Gasteiger partial charge in [-0.25, -0.2) is 0 Å². The Kier molecular flexibility index (Phi) is 14.6. The van der Waals surface area contributed by atoms with Crippen LogP contribution < -0.4 is 0 Å². The molecule has 2 aliphatic rings. The molecule has 0 bridgehead atoms. The average Bonchev–Trinajstić information content (AvgIpc) is 3.07. The van der Waals surface area contributed by atoms with Crippen LogP contribution in [0.25, 0.3) is 0 Å². The summed E-state index contributed by atoms with van der Waals surface area (Å²) in [7, 11) is 1.98. The van der Waals surface area contributed by atoms with E-state index < -0.39 is 0 Å². The molecule has 0 spiro atoms. The van der Waals surface area contributed by atoms with Crippen LogP contribution in [-0.4, -0.2) is 35.6 Å². The molecule has 0 aromatic rings. The number of hydrogen-bond acceptors (Lipinski definition) is 3. The van der Waals surface area contributed by atoms with E-state index in [1.54, 1.807) is 0 Å². The zero-order valence-electron chi connectivity index (χ0n) is 28.5. The highest BCUT2D eigenvalue weighted by molar-refractivity contribution is 6.10. The lowest BCUT2D eigenvalue weighted by Crippen LogP contribution is -2.30. The number of carbonyl (C=O) groups excluding carboxylic acids is 2. The highest BCUT2D eigenvalue weighted by Gasteiger charge is 2.37. The lowest BCUT2D eigenvalue weighted by molar-refractivity contribution is -0.124. The summed E-state index contributed by atoms with van der Waals surface area (Å²) in [4.78, 5) is 31.3. The molecule has 44 heavy (non-hydrogen) atoms. The summed E-state index contributed by atoms with van der Waals surface area (Å²) >= 11 is 0. The van der Waals surface area contributed by atoms with Crippen molar-refractivity contribution in [3.8, 4) is 0 Å². The first-order valence-corrected chi connectivity index (χ1v) is 15.6. The number of amides is 1. The van der Waals surface area contributed by atoms with Gasteiger partial charge in [-0.1, -0.05) is 103 Å². The van der Waals surface area contributed by atoms with Gasteiger partial charge in [0.25, 0.3) is 5.91 Å². The highest BCUT2D eigenvalue weighted by Crippen LogP contribution is 2.36. The van der Waals surface area contributed by atoms with Crippen molar-refractivity contribution < 1.29 is 9.59 Å². The average molecular weight is 593 g/mol. The van der Waals surface area contributed by atoms with Crippen LogP contribution in [0.5, 0.6) is 0 Å². The lowest BCUT2D eigenvalue weighted by atomic mass is 10.0. The monoisotopic (exact) mass is 592 g/mol. The predicted molar refractivity (Wildman–Crippen MR) is 189 cm³/mol. The Labute approximate surface area is 267 Å². The summed E-state index contributed by atoms with van der Waals surface area (Å²) < 4.78 is 0. The first-order valence-electron chi connectivity index (χ1n) is 15.6. The van der Waals surface area contributed by atoms with E-state index in [1.807, 2.05) is 70.9 Å². The zero-order valence-corrected chi connectivity index (χ0v) is 28.5. The van der Waals surface area contributed by atoms with Crippen molar-refractivity contribution in [3.05, 3.63) is 141 Å². The van der Waals surface area contributed by atoms with E-state index in [-0.39, 0.29) is 5.91 Å². The maximum absolute atomic E-state index is 14.5. The Hall–Kier alpha value is -4.18. The Balaban J connectivity index is 2.80. The topological polar surface area (TPSA) is 40.6 Å². The molecular formula is C40H52N2O2. The number of aldehydes is 1. The van der Waals surface area contributed by atoms with Crippen LogP contribution in [-0.2, 0) is 9.59 Å². The first-order chi connectivity index (χ1) is 20.9. The van der Waals surface area contributed by atoms with Crippen molar-refractivity contribution in [1.82, 2.24) is 9.80 Å². The molecule has 4 heteroatoms.